The normalized spacial score (nSPS) is 12.6. The maximum absolute atomic E-state index is 13.1. The number of nitrogens with one attached hydrogen (secondary N) is 4. The largest absolute Gasteiger partial charge is 0.461 e. The summed E-state index contributed by atoms with van der Waals surface area (Å²) >= 11 is 0. The van der Waals surface area contributed by atoms with Crippen LogP contribution >= 0.6 is 0 Å². The summed E-state index contributed by atoms with van der Waals surface area (Å²) in [4.78, 5) is 60.9. The van der Waals surface area contributed by atoms with Gasteiger partial charge in [-0.3, -0.25) is 19.2 Å². The van der Waals surface area contributed by atoms with E-state index in [0.717, 1.165) is 5.56 Å². The molecule has 2 atom stereocenters. The summed E-state index contributed by atoms with van der Waals surface area (Å²) in [5, 5.41) is 10.7. The quantitative estimate of drug-likeness (QED) is 0.186. The first-order valence-corrected chi connectivity index (χ1v) is 12.5. The fourth-order valence-electron chi connectivity index (χ4n) is 3.14. The number of hydrogen-bond donors (Lipinski definition) is 5. The number of benzene rings is 1. The molecule has 0 saturated heterocycles. The van der Waals surface area contributed by atoms with Crippen LogP contribution in [0.25, 0.3) is 0 Å². The van der Waals surface area contributed by atoms with Gasteiger partial charge in [0.2, 0.25) is 17.7 Å². The van der Waals surface area contributed by atoms with E-state index in [1.54, 1.807) is 65.8 Å². The molecule has 6 N–H and O–H groups in total. The molecule has 0 radical (unpaired) electrons. The number of nitrogens with two attached hydrogens (primary N) is 1. The van der Waals surface area contributed by atoms with Crippen molar-refractivity contribution < 1.29 is 28.7 Å². The number of amides is 5. The predicted molar refractivity (Wildman–Crippen MR) is 140 cm³/mol. The number of primary amides is 1. The van der Waals surface area contributed by atoms with Crippen molar-refractivity contribution in [3.63, 3.8) is 0 Å². The van der Waals surface area contributed by atoms with E-state index >= 15 is 0 Å². The molecule has 1 aromatic carbocycles. The first-order chi connectivity index (χ1) is 17.3. The van der Waals surface area contributed by atoms with Crippen LogP contribution in [0.5, 0.6) is 0 Å². The predicted octanol–water partition coefficient (Wildman–Crippen LogP) is 2.05. The molecule has 0 aliphatic carbocycles. The summed E-state index contributed by atoms with van der Waals surface area (Å²) in [6.45, 7) is 10.9. The molecule has 206 valence electrons. The van der Waals surface area contributed by atoms with Crippen LogP contribution in [0.4, 0.5) is 10.5 Å². The summed E-state index contributed by atoms with van der Waals surface area (Å²) < 4.78 is 5.21. The van der Waals surface area contributed by atoms with E-state index in [1.165, 1.54) is 0 Å². The maximum atomic E-state index is 13.1. The zero-order valence-electron chi connectivity index (χ0n) is 22.6. The van der Waals surface area contributed by atoms with E-state index in [0.29, 0.717) is 12.1 Å². The van der Waals surface area contributed by atoms with Gasteiger partial charge in [0.1, 0.15) is 18.7 Å². The average Bonchev–Trinajstić information content (AvgIpc) is 2.82. The Hall–Kier alpha value is -3.63. The number of hydrogen-bond acceptors (Lipinski definition) is 6. The zero-order valence-corrected chi connectivity index (χ0v) is 22.6. The topological polar surface area (TPSA) is 169 Å². The fourth-order valence-corrected chi connectivity index (χ4v) is 3.14. The molecule has 0 aromatic heterocycles. The molecular weight excluding hydrogens is 478 g/mol. The minimum Gasteiger partial charge on any atom is -0.461 e. The van der Waals surface area contributed by atoms with Gasteiger partial charge in [0, 0.05) is 18.2 Å². The molecule has 11 heteroatoms. The number of carbonyl (C=O) groups excluding carboxylic acids is 5. The van der Waals surface area contributed by atoms with Crippen molar-refractivity contribution in [2.75, 3.05) is 11.9 Å². The minimum absolute atomic E-state index is 0.121. The molecule has 0 fully saturated rings. The Morgan fingerprint density at radius 2 is 1.46 bits per heavy atom. The number of urea groups is 1. The highest BCUT2D eigenvalue weighted by Gasteiger charge is 2.29. The summed E-state index contributed by atoms with van der Waals surface area (Å²) in [6.07, 6.45) is 0.607. The van der Waals surface area contributed by atoms with Crippen LogP contribution in [0.15, 0.2) is 24.3 Å². The molecule has 0 saturated carbocycles. The Bertz CT molecular complexity index is 930. The van der Waals surface area contributed by atoms with Crippen LogP contribution in [0.1, 0.15) is 59.9 Å². The summed E-state index contributed by atoms with van der Waals surface area (Å²) in [5.41, 5.74) is 6.35. The molecule has 0 heterocycles. The SMILES string of the molecule is CC(C)C(=O)NC(C(=O)N[C@@H](CCCNC(N)=O)C(=O)Nc1ccc(COC(=O)C(C)C)cc1)C(C)C. The smallest absolute Gasteiger partial charge is 0.312 e. The third kappa shape index (κ3) is 11.8. The van der Waals surface area contributed by atoms with Crippen molar-refractivity contribution in [3.05, 3.63) is 29.8 Å². The first-order valence-electron chi connectivity index (χ1n) is 12.5. The van der Waals surface area contributed by atoms with E-state index in [-0.39, 0.29) is 49.2 Å². The lowest BCUT2D eigenvalue weighted by Gasteiger charge is -2.26. The highest BCUT2D eigenvalue weighted by atomic mass is 16.5. The van der Waals surface area contributed by atoms with Gasteiger partial charge in [-0.05, 0) is 36.5 Å². The monoisotopic (exact) mass is 519 g/mol. The van der Waals surface area contributed by atoms with Crippen molar-refractivity contribution in [1.29, 1.82) is 0 Å². The van der Waals surface area contributed by atoms with E-state index < -0.39 is 29.9 Å². The number of esters is 1. The second kappa shape index (κ2) is 15.5. The van der Waals surface area contributed by atoms with Crippen LogP contribution in [0.2, 0.25) is 0 Å². The third-order valence-corrected chi connectivity index (χ3v) is 5.45. The molecule has 37 heavy (non-hydrogen) atoms. The second-order valence-electron chi connectivity index (χ2n) is 9.83. The summed E-state index contributed by atoms with van der Waals surface area (Å²) in [7, 11) is 0. The lowest BCUT2D eigenvalue weighted by Crippen LogP contribution is -2.55. The van der Waals surface area contributed by atoms with Gasteiger partial charge in [0.05, 0.1) is 5.92 Å². The summed E-state index contributed by atoms with van der Waals surface area (Å²) in [6, 6.07) is 4.37. The van der Waals surface area contributed by atoms with Gasteiger partial charge >= 0.3 is 12.0 Å². The van der Waals surface area contributed by atoms with Crippen LogP contribution < -0.4 is 27.0 Å². The molecule has 11 nitrogen and oxygen atoms in total. The standard InChI is InChI=1S/C26H41N5O6/c1-15(2)21(31-22(32)16(3)4)24(34)30-20(8-7-13-28-26(27)36)23(33)29-19-11-9-18(10-12-19)14-37-25(35)17(5)6/h9-12,15-17,20-21H,7-8,13-14H2,1-6H3,(H,29,33)(H,30,34)(H,31,32)(H3,27,28,36)/t20-,21?/m0/s1. The Balaban J connectivity index is 2.91. The second-order valence-corrected chi connectivity index (χ2v) is 9.83. The van der Waals surface area contributed by atoms with Crippen molar-refractivity contribution >= 4 is 35.4 Å². The molecule has 0 bridgehead atoms. The van der Waals surface area contributed by atoms with Crippen molar-refractivity contribution in [2.45, 2.75) is 73.1 Å². The molecule has 1 unspecified atom stereocenters. The molecule has 0 aliphatic rings. The number of ether oxygens (including phenoxy) is 1. The molecular formula is C26H41N5O6. The van der Waals surface area contributed by atoms with Gasteiger partial charge in [-0.25, -0.2) is 4.79 Å². The highest BCUT2D eigenvalue weighted by molar-refractivity contribution is 5.98. The van der Waals surface area contributed by atoms with Gasteiger partial charge in [0.15, 0.2) is 0 Å². The Kier molecular flexibility index (Phi) is 13.1. The fraction of sp³-hybridized carbons (Fsp3) is 0.577. The molecule has 5 amide bonds. The Labute approximate surface area is 218 Å². The molecule has 1 aromatic rings. The van der Waals surface area contributed by atoms with Gasteiger partial charge < -0.3 is 31.7 Å². The Morgan fingerprint density at radius 3 is 1.97 bits per heavy atom. The number of anilines is 1. The highest BCUT2D eigenvalue weighted by Crippen LogP contribution is 2.13. The molecule has 0 spiro atoms. The van der Waals surface area contributed by atoms with Gasteiger partial charge in [-0.1, -0.05) is 53.7 Å². The first kappa shape index (κ1) is 31.4. The Morgan fingerprint density at radius 1 is 0.838 bits per heavy atom. The van der Waals surface area contributed by atoms with Crippen molar-refractivity contribution in [1.82, 2.24) is 16.0 Å². The molecule has 1 rings (SSSR count). The van der Waals surface area contributed by atoms with E-state index in [2.05, 4.69) is 21.3 Å². The van der Waals surface area contributed by atoms with Crippen LogP contribution in [0, 0.1) is 17.8 Å². The number of carbonyl (C=O) groups is 5. The number of rotatable bonds is 14. The van der Waals surface area contributed by atoms with Crippen LogP contribution in [0.3, 0.4) is 0 Å². The molecule has 0 aliphatic heterocycles. The van der Waals surface area contributed by atoms with Gasteiger partial charge in [0.25, 0.3) is 0 Å². The lowest BCUT2D eigenvalue weighted by atomic mass is 10.0. The van der Waals surface area contributed by atoms with Crippen LogP contribution in [-0.4, -0.2) is 48.4 Å². The van der Waals surface area contributed by atoms with Crippen molar-refractivity contribution in [2.24, 2.45) is 23.5 Å². The average molecular weight is 520 g/mol. The van der Waals surface area contributed by atoms with Gasteiger partial charge in [-0.15, -0.1) is 0 Å². The summed E-state index contributed by atoms with van der Waals surface area (Å²) in [5.74, 6) is -2.23. The van der Waals surface area contributed by atoms with E-state index in [4.69, 9.17) is 10.5 Å². The third-order valence-electron chi connectivity index (χ3n) is 5.45. The van der Waals surface area contributed by atoms with E-state index in [1.807, 2.05) is 0 Å². The minimum atomic E-state index is -0.925. The van der Waals surface area contributed by atoms with Crippen LogP contribution in [-0.2, 0) is 30.5 Å². The van der Waals surface area contributed by atoms with E-state index in [9.17, 15) is 24.0 Å². The lowest BCUT2D eigenvalue weighted by molar-refractivity contribution is -0.148. The zero-order chi connectivity index (χ0) is 28.1. The van der Waals surface area contributed by atoms with Gasteiger partial charge in [-0.2, -0.15) is 0 Å². The maximum Gasteiger partial charge on any atom is 0.312 e. The van der Waals surface area contributed by atoms with Crippen molar-refractivity contribution in [3.8, 4) is 0 Å².